The van der Waals surface area contributed by atoms with Crippen LogP contribution in [0.4, 0.5) is 11.8 Å². The maximum absolute atomic E-state index is 13.6. The highest BCUT2D eigenvalue weighted by molar-refractivity contribution is 6.07. The van der Waals surface area contributed by atoms with Gasteiger partial charge in [0.15, 0.2) is 23.6 Å². The minimum atomic E-state index is -0.270. The number of aromatic nitrogens is 2. The van der Waals surface area contributed by atoms with Gasteiger partial charge in [-0.3, -0.25) is 9.80 Å². The number of nitrogens with two attached hydrogens (primary N) is 2. The summed E-state index contributed by atoms with van der Waals surface area (Å²) in [5.74, 6) is 0.860. The Hall–Kier alpha value is -4.48. The quantitative estimate of drug-likeness (QED) is 0.287. The maximum Gasteiger partial charge on any atom is 0.221 e. The third kappa shape index (κ3) is 5.90. The number of fused-ring (bicyclic) bond motifs is 1. The van der Waals surface area contributed by atoms with Gasteiger partial charge < -0.3 is 30.4 Å². The van der Waals surface area contributed by atoms with Crippen molar-refractivity contribution in [1.29, 1.82) is 0 Å². The van der Waals surface area contributed by atoms with Crippen molar-refractivity contribution >= 4 is 23.8 Å². The number of nitrogen functional groups attached to an aromatic ring is 2. The number of anilines is 2. The van der Waals surface area contributed by atoms with E-state index in [1.165, 1.54) is 20.3 Å². The summed E-state index contributed by atoms with van der Waals surface area (Å²) >= 11 is 0. The van der Waals surface area contributed by atoms with Gasteiger partial charge in [0.2, 0.25) is 5.95 Å². The molecule has 3 heterocycles. The second-order valence-corrected chi connectivity index (χ2v) is 9.39. The zero-order valence-corrected chi connectivity index (χ0v) is 22.4. The number of ketones is 1. The van der Waals surface area contributed by atoms with E-state index in [0.29, 0.717) is 48.7 Å². The van der Waals surface area contributed by atoms with Crippen LogP contribution in [0.3, 0.4) is 0 Å². The fourth-order valence-corrected chi connectivity index (χ4v) is 4.91. The van der Waals surface area contributed by atoms with Crippen LogP contribution in [-0.4, -0.2) is 60.7 Å². The van der Waals surface area contributed by atoms with Gasteiger partial charge in [0.25, 0.3) is 0 Å². The van der Waals surface area contributed by atoms with Crippen LogP contribution in [0.5, 0.6) is 11.5 Å². The van der Waals surface area contributed by atoms with Crippen LogP contribution in [0.15, 0.2) is 60.0 Å². The number of benzene rings is 2. The molecule has 0 radical (unpaired) electrons. The Labute approximate surface area is 232 Å². The lowest BCUT2D eigenvalue weighted by molar-refractivity contribution is -0.0510. The average Bonchev–Trinajstić information content (AvgIpc) is 3.49. The molecule has 4 N–H and O–H groups in total. The molecule has 1 aromatic heterocycles. The Balaban J connectivity index is 1.41. The van der Waals surface area contributed by atoms with Gasteiger partial charge in [-0.1, -0.05) is 24.3 Å². The third-order valence-corrected chi connectivity index (χ3v) is 6.87. The van der Waals surface area contributed by atoms with Crippen molar-refractivity contribution in [2.45, 2.75) is 31.6 Å². The Kier molecular flexibility index (Phi) is 8.23. The molecule has 1 fully saturated rings. The Morgan fingerprint density at radius 2 is 1.93 bits per heavy atom. The highest BCUT2D eigenvalue weighted by Crippen LogP contribution is 2.36. The number of allylic oxidation sites excluding steroid dienone is 1. The van der Waals surface area contributed by atoms with Crippen molar-refractivity contribution in [3.63, 3.8) is 0 Å². The molecule has 0 spiro atoms. The first-order chi connectivity index (χ1) is 19.5. The lowest BCUT2D eigenvalue weighted by Gasteiger charge is -2.31. The standard InChI is InChI=1S/C29H32N6O5/c1-37-25-15-18(13-20-16-32-29(31)34-28(20)30)14-22(27(25)38-2)24(36)9-10-35-23(7-8-26-39-11-12-40-26)21-6-4-3-5-19(21)17-33-35/h3-6,9-10,14-17,23,26H,7-8,11-13H2,1-2H3,(H4,30,31,32,34). The fraction of sp³-hybridized carbons (Fsp3) is 0.310. The molecule has 2 aliphatic heterocycles. The van der Waals surface area contributed by atoms with Gasteiger partial charge in [-0.2, -0.15) is 10.1 Å². The predicted molar refractivity (Wildman–Crippen MR) is 150 cm³/mol. The minimum absolute atomic E-state index is 0.0886. The van der Waals surface area contributed by atoms with Crippen LogP contribution < -0.4 is 20.9 Å². The summed E-state index contributed by atoms with van der Waals surface area (Å²) in [5.41, 5.74) is 15.6. The number of methoxy groups -OCH3 is 2. The second-order valence-electron chi connectivity index (χ2n) is 9.39. The fourth-order valence-electron chi connectivity index (χ4n) is 4.91. The predicted octanol–water partition coefficient (Wildman–Crippen LogP) is 3.49. The molecule has 208 valence electrons. The van der Waals surface area contributed by atoms with Crippen LogP contribution in [0, 0.1) is 0 Å². The first-order valence-corrected chi connectivity index (χ1v) is 13.0. The van der Waals surface area contributed by atoms with Crippen LogP contribution in [0.1, 0.15) is 51.5 Å². The van der Waals surface area contributed by atoms with Gasteiger partial charge in [-0.15, -0.1) is 0 Å². The van der Waals surface area contributed by atoms with Crippen molar-refractivity contribution in [2.75, 3.05) is 38.9 Å². The first kappa shape index (κ1) is 27.1. The summed E-state index contributed by atoms with van der Waals surface area (Å²) in [6.07, 6.45) is 8.13. The van der Waals surface area contributed by atoms with E-state index < -0.39 is 0 Å². The number of hydrogen-bond donors (Lipinski definition) is 2. The molecule has 5 rings (SSSR count). The number of hydrazone groups is 1. The molecule has 2 aliphatic rings. The van der Waals surface area contributed by atoms with Crippen molar-refractivity contribution in [3.05, 3.63) is 82.7 Å². The van der Waals surface area contributed by atoms with Gasteiger partial charge in [0.05, 0.1) is 45.3 Å². The van der Waals surface area contributed by atoms with E-state index in [2.05, 4.69) is 21.1 Å². The Morgan fingerprint density at radius 1 is 1.12 bits per heavy atom. The molecule has 2 aromatic carbocycles. The summed E-state index contributed by atoms with van der Waals surface area (Å²) in [7, 11) is 3.02. The molecular formula is C29H32N6O5. The highest BCUT2D eigenvalue weighted by atomic mass is 16.7. The van der Waals surface area contributed by atoms with Crippen molar-refractivity contribution < 1.29 is 23.7 Å². The van der Waals surface area contributed by atoms with E-state index in [9.17, 15) is 4.79 Å². The number of hydrogen-bond acceptors (Lipinski definition) is 11. The van der Waals surface area contributed by atoms with E-state index in [-0.39, 0.29) is 29.9 Å². The van der Waals surface area contributed by atoms with Gasteiger partial charge >= 0.3 is 0 Å². The van der Waals surface area contributed by atoms with Crippen LogP contribution in [-0.2, 0) is 15.9 Å². The molecule has 1 unspecified atom stereocenters. The van der Waals surface area contributed by atoms with E-state index in [0.717, 1.165) is 23.1 Å². The van der Waals surface area contributed by atoms with E-state index in [1.807, 2.05) is 18.2 Å². The average molecular weight is 545 g/mol. The molecule has 3 aromatic rings. The lowest BCUT2D eigenvalue weighted by atomic mass is 9.95. The topological polar surface area (TPSA) is 147 Å². The molecule has 1 atom stereocenters. The number of carbonyl (C=O) groups excluding carboxylic acids is 1. The zero-order valence-electron chi connectivity index (χ0n) is 22.4. The second kappa shape index (κ2) is 12.1. The van der Waals surface area contributed by atoms with Gasteiger partial charge in [0, 0.05) is 36.9 Å². The van der Waals surface area contributed by atoms with Crippen molar-refractivity contribution in [1.82, 2.24) is 15.0 Å². The van der Waals surface area contributed by atoms with E-state index >= 15 is 0 Å². The maximum atomic E-state index is 13.6. The lowest BCUT2D eigenvalue weighted by Crippen LogP contribution is -2.25. The first-order valence-electron chi connectivity index (χ1n) is 13.0. The molecule has 1 saturated heterocycles. The number of carbonyl (C=O) groups is 1. The largest absolute Gasteiger partial charge is 0.493 e. The van der Waals surface area contributed by atoms with Gasteiger partial charge in [-0.05, 0) is 35.2 Å². The molecule has 40 heavy (non-hydrogen) atoms. The van der Waals surface area contributed by atoms with Crippen molar-refractivity contribution in [2.24, 2.45) is 5.10 Å². The van der Waals surface area contributed by atoms with Crippen LogP contribution >= 0.6 is 0 Å². The monoisotopic (exact) mass is 544 g/mol. The number of rotatable bonds is 10. The minimum Gasteiger partial charge on any atom is -0.493 e. The molecular weight excluding hydrogens is 512 g/mol. The van der Waals surface area contributed by atoms with E-state index in [1.54, 1.807) is 35.8 Å². The summed E-state index contributed by atoms with van der Waals surface area (Å²) in [5, 5.41) is 6.42. The number of ether oxygens (including phenoxy) is 4. The Bertz CT molecular complexity index is 1440. The smallest absolute Gasteiger partial charge is 0.221 e. The zero-order chi connectivity index (χ0) is 28.1. The van der Waals surface area contributed by atoms with Crippen LogP contribution in [0.25, 0.3) is 0 Å². The SMILES string of the molecule is COc1cc(Cc2cnc(N)nc2N)cc(C(=O)C=CN2N=Cc3ccccc3C2CCC2OCCO2)c1OC. The number of nitrogens with zero attached hydrogens (tertiary/aromatic N) is 4. The molecule has 0 bridgehead atoms. The highest BCUT2D eigenvalue weighted by Gasteiger charge is 2.26. The summed E-state index contributed by atoms with van der Waals surface area (Å²) in [6, 6.07) is 11.6. The normalized spacial score (nSPS) is 16.9. The molecule has 0 amide bonds. The Morgan fingerprint density at radius 3 is 2.67 bits per heavy atom. The molecule has 0 aliphatic carbocycles. The molecule has 11 nitrogen and oxygen atoms in total. The van der Waals surface area contributed by atoms with Crippen LogP contribution in [0.2, 0.25) is 0 Å². The third-order valence-electron chi connectivity index (χ3n) is 6.87. The summed E-state index contributed by atoms with van der Waals surface area (Å²) < 4.78 is 22.4. The summed E-state index contributed by atoms with van der Waals surface area (Å²) in [4.78, 5) is 21.6. The van der Waals surface area contributed by atoms with E-state index in [4.69, 9.17) is 30.4 Å². The molecule has 11 heteroatoms. The molecule has 0 saturated carbocycles. The summed E-state index contributed by atoms with van der Waals surface area (Å²) in [6.45, 7) is 1.20. The van der Waals surface area contributed by atoms with Crippen molar-refractivity contribution in [3.8, 4) is 11.5 Å². The van der Waals surface area contributed by atoms with Gasteiger partial charge in [0.1, 0.15) is 5.82 Å². The van der Waals surface area contributed by atoms with Gasteiger partial charge in [-0.25, -0.2) is 4.98 Å².